The second kappa shape index (κ2) is 7.39. The van der Waals surface area contributed by atoms with E-state index in [1.54, 1.807) is 0 Å². The second-order valence-corrected chi connectivity index (χ2v) is 4.48. The fourth-order valence-corrected chi connectivity index (χ4v) is 1.77. The van der Waals surface area contributed by atoms with Gasteiger partial charge in [-0.3, -0.25) is 0 Å². The van der Waals surface area contributed by atoms with Crippen LogP contribution < -0.4 is 10.8 Å². The summed E-state index contributed by atoms with van der Waals surface area (Å²) in [5.74, 6) is 0. The topological polar surface area (TPSA) is 38.3 Å². The monoisotopic (exact) mass is 265 g/mol. The summed E-state index contributed by atoms with van der Waals surface area (Å²) >= 11 is 0. The summed E-state index contributed by atoms with van der Waals surface area (Å²) in [6.45, 7) is 0.825. The molecule has 100 valence electrons. The zero-order valence-corrected chi connectivity index (χ0v) is 11.2. The molecule has 0 heterocycles. The molecule has 2 radical (unpaired) electrons. The third kappa shape index (κ3) is 4.80. The molecule has 3 nitrogen and oxygen atoms in total. The number of ether oxygens (including phenoxy) is 1. The highest BCUT2D eigenvalue weighted by atomic mass is 16.5. The van der Waals surface area contributed by atoms with Gasteiger partial charge in [0.15, 0.2) is 0 Å². The normalized spacial score (nSPS) is 10.0. The molecule has 0 saturated heterocycles. The number of rotatable bonds is 5. The van der Waals surface area contributed by atoms with Gasteiger partial charge in [0, 0.05) is 6.54 Å². The molecule has 0 aliphatic heterocycles. The molecule has 0 aliphatic rings. The molecule has 4 heteroatoms. The number of carbonyl (C=O) groups is 1. The number of hydrogen-bond donors (Lipinski definition) is 1. The molecule has 0 fully saturated rings. The van der Waals surface area contributed by atoms with Crippen LogP contribution in [0.3, 0.4) is 0 Å². The molecule has 0 atom stereocenters. The Kier molecular flexibility index (Phi) is 5.24. The van der Waals surface area contributed by atoms with E-state index in [0.717, 1.165) is 23.0 Å². The molecular weight excluding hydrogens is 249 g/mol. The van der Waals surface area contributed by atoms with Crippen molar-refractivity contribution >= 4 is 19.4 Å². The molecule has 20 heavy (non-hydrogen) atoms. The Bertz CT molecular complexity index is 540. The van der Waals surface area contributed by atoms with E-state index < -0.39 is 6.09 Å². The Hall–Kier alpha value is -2.23. The summed E-state index contributed by atoms with van der Waals surface area (Å²) in [6.07, 6.45) is 0.352. The van der Waals surface area contributed by atoms with Gasteiger partial charge >= 0.3 is 6.09 Å². The van der Waals surface area contributed by atoms with Gasteiger partial charge in [-0.25, -0.2) is 4.79 Å². The fraction of sp³-hybridized carbons (Fsp3) is 0.188. The van der Waals surface area contributed by atoms with Crippen LogP contribution in [0.5, 0.6) is 0 Å². The van der Waals surface area contributed by atoms with Gasteiger partial charge in [0.1, 0.15) is 14.5 Å². The summed E-state index contributed by atoms with van der Waals surface area (Å²) in [6, 6.07) is 17.2. The predicted molar refractivity (Wildman–Crippen MR) is 80.2 cm³/mol. The number of hydrogen-bond acceptors (Lipinski definition) is 2. The minimum atomic E-state index is -0.399. The van der Waals surface area contributed by atoms with Crippen molar-refractivity contribution in [2.75, 3.05) is 6.54 Å². The van der Waals surface area contributed by atoms with E-state index >= 15 is 0 Å². The van der Waals surface area contributed by atoms with Gasteiger partial charge in [0.25, 0.3) is 0 Å². The van der Waals surface area contributed by atoms with Crippen LogP contribution >= 0.6 is 0 Å². The highest BCUT2D eigenvalue weighted by Crippen LogP contribution is 2.01. The summed E-state index contributed by atoms with van der Waals surface area (Å²) in [5.41, 5.74) is 2.84. The molecule has 0 aliphatic carbocycles. The van der Waals surface area contributed by atoms with Crippen molar-refractivity contribution in [2.45, 2.75) is 13.0 Å². The average molecular weight is 265 g/mol. The lowest BCUT2D eigenvalue weighted by molar-refractivity contribution is 0.140. The fourth-order valence-electron chi connectivity index (χ4n) is 1.77. The van der Waals surface area contributed by atoms with Gasteiger partial charge in [-0.15, -0.1) is 0 Å². The van der Waals surface area contributed by atoms with Crippen molar-refractivity contribution in [3.8, 4) is 0 Å². The smallest absolute Gasteiger partial charge is 0.407 e. The average Bonchev–Trinajstić information content (AvgIpc) is 2.48. The van der Waals surface area contributed by atoms with E-state index in [2.05, 4.69) is 5.32 Å². The molecule has 1 amide bonds. The van der Waals surface area contributed by atoms with Crippen LogP contribution in [0.25, 0.3) is 0 Å². The summed E-state index contributed by atoms with van der Waals surface area (Å²) in [5, 5.41) is 2.72. The Morgan fingerprint density at radius 2 is 1.70 bits per heavy atom. The maximum Gasteiger partial charge on any atom is 0.407 e. The molecule has 0 unspecified atom stereocenters. The van der Waals surface area contributed by atoms with Gasteiger partial charge in [-0.1, -0.05) is 60.1 Å². The molecule has 0 saturated carbocycles. The van der Waals surface area contributed by atoms with Crippen LogP contribution in [-0.2, 0) is 17.8 Å². The zero-order chi connectivity index (χ0) is 14.2. The molecule has 2 rings (SSSR count). The van der Waals surface area contributed by atoms with Crippen molar-refractivity contribution in [1.82, 2.24) is 5.32 Å². The van der Waals surface area contributed by atoms with E-state index in [-0.39, 0.29) is 6.61 Å². The molecule has 2 aromatic rings. The van der Waals surface area contributed by atoms with Crippen molar-refractivity contribution in [3.05, 3.63) is 65.7 Å². The lowest BCUT2D eigenvalue weighted by Crippen LogP contribution is -2.26. The third-order valence-electron chi connectivity index (χ3n) is 2.88. The first-order valence-electron chi connectivity index (χ1n) is 6.53. The van der Waals surface area contributed by atoms with Crippen molar-refractivity contribution in [3.63, 3.8) is 0 Å². The van der Waals surface area contributed by atoms with Crippen molar-refractivity contribution in [1.29, 1.82) is 0 Å². The summed E-state index contributed by atoms with van der Waals surface area (Å²) in [4.78, 5) is 11.5. The van der Waals surface area contributed by atoms with Crippen LogP contribution in [-0.4, -0.2) is 20.5 Å². The number of amides is 1. The van der Waals surface area contributed by atoms with E-state index in [1.807, 2.05) is 54.6 Å². The Balaban J connectivity index is 1.66. The van der Waals surface area contributed by atoms with Crippen molar-refractivity contribution in [2.24, 2.45) is 0 Å². The zero-order valence-electron chi connectivity index (χ0n) is 11.2. The molecule has 0 aromatic heterocycles. The van der Waals surface area contributed by atoms with Gasteiger partial charge in [0.05, 0.1) is 0 Å². The number of alkyl carbamates (subject to hydrolysis) is 1. The van der Waals surface area contributed by atoms with Crippen LogP contribution in [0.2, 0.25) is 0 Å². The Morgan fingerprint density at radius 3 is 2.40 bits per heavy atom. The molecule has 1 N–H and O–H groups in total. The largest absolute Gasteiger partial charge is 0.445 e. The molecule has 0 bridgehead atoms. The summed E-state index contributed by atoms with van der Waals surface area (Å²) in [7, 11) is 5.61. The van der Waals surface area contributed by atoms with Gasteiger partial charge < -0.3 is 10.1 Å². The number of benzene rings is 2. The minimum absolute atomic E-state index is 0.286. The van der Waals surface area contributed by atoms with E-state index in [1.165, 1.54) is 0 Å². The molecular formula is C16H16BNO2. The quantitative estimate of drug-likeness (QED) is 0.839. The predicted octanol–water partition coefficient (Wildman–Crippen LogP) is 1.95. The second-order valence-electron chi connectivity index (χ2n) is 4.48. The molecule has 2 aromatic carbocycles. The lowest BCUT2D eigenvalue weighted by atomic mass is 9.95. The first kappa shape index (κ1) is 14.2. The SMILES string of the molecule is [B]c1ccc(CCNC(=O)OCc2ccccc2)cc1. The number of nitrogens with one attached hydrogen (secondary N) is 1. The first-order chi connectivity index (χ1) is 9.74. The van der Waals surface area contributed by atoms with Crippen LogP contribution in [0, 0.1) is 0 Å². The van der Waals surface area contributed by atoms with E-state index in [4.69, 9.17) is 12.6 Å². The van der Waals surface area contributed by atoms with Gasteiger partial charge in [0.2, 0.25) is 0 Å². The van der Waals surface area contributed by atoms with E-state index in [9.17, 15) is 4.79 Å². The standard InChI is InChI=1S/C16H16BNO2/c17-15-8-6-13(7-9-15)10-11-18-16(19)20-12-14-4-2-1-3-5-14/h1-9H,10-12H2,(H,18,19). The van der Waals surface area contributed by atoms with Gasteiger partial charge in [-0.05, 0) is 17.5 Å². The third-order valence-corrected chi connectivity index (χ3v) is 2.88. The van der Waals surface area contributed by atoms with Crippen molar-refractivity contribution < 1.29 is 9.53 Å². The molecule has 0 spiro atoms. The summed E-state index contributed by atoms with van der Waals surface area (Å²) < 4.78 is 5.12. The van der Waals surface area contributed by atoms with Crippen LogP contribution in [0.1, 0.15) is 11.1 Å². The highest BCUT2D eigenvalue weighted by Gasteiger charge is 2.02. The lowest BCUT2D eigenvalue weighted by Gasteiger charge is -2.07. The highest BCUT2D eigenvalue weighted by molar-refractivity contribution is 6.32. The van der Waals surface area contributed by atoms with Gasteiger partial charge in [-0.2, -0.15) is 0 Å². The minimum Gasteiger partial charge on any atom is -0.445 e. The maximum atomic E-state index is 11.5. The Labute approximate surface area is 120 Å². The maximum absolute atomic E-state index is 11.5. The van der Waals surface area contributed by atoms with Crippen LogP contribution in [0.15, 0.2) is 54.6 Å². The Morgan fingerprint density at radius 1 is 1.00 bits per heavy atom. The number of carbonyl (C=O) groups excluding carboxylic acids is 1. The van der Waals surface area contributed by atoms with E-state index in [0.29, 0.717) is 6.54 Å². The van der Waals surface area contributed by atoms with Crippen LogP contribution in [0.4, 0.5) is 4.79 Å². The first-order valence-corrected chi connectivity index (χ1v) is 6.53.